The van der Waals surface area contributed by atoms with Gasteiger partial charge in [-0.25, -0.2) is 0 Å². The number of hydrogen-bond acceptors (Lipinski definition) is 2. The zero-order valence-corrected chi connectivity index (χ0v) is 6.47. The van der Waals surface area contributed by atoms with E-state index in [0.717, 1.165) is 18.4 Å². The van der Waals surface area contributed by atoms with Crippen molar-refractivity contribution in [3.05, 3.63) is 0 Å². The van der Waals surface area contributed by atoms with Gasteiger partial charge >= 0.3 is 0 Å². The van der Waals surface area contributed by atoms with Gasteiger partial charge in [0.25, 0.3) is 0 Å². The van der Waals surface area contributed by atoms with Crippen LogP contribution in [0.1, 0.15) is 19.8 Å². The first-order valence-electron chi connectivity index (χ1n) is 4.21. The largest absolute Gasteiger partial charge is 0.363 e. The Bertz CT molecular complexity index is 114. The first kappa shape index (κ1) is 6.62. The molecule has 2 fully saturated rings. The van der Waals surface area contributed by atoms with E-state index in [2.05, 4.69) is 12.2 Å². The molecule has 1 saturated carbocycles. The van der Waals surface area contributed by atoms with Gasteiger partial charge < -0.3 is 4.74 Å². The average Bonchev–Trinajstić information content (AvgIpc) is 2.71. The number of ether oxygens (including phenoxy) is 1. The quantitative estimate of drug-likeness (QED) is 0.587. The molecule has 0 spiro atoms. The predicted octanol–water partition coefficient (Wildman–Crippen LogP) is 0.978. The molecular formula is C8H15NO. The topological polar surface area (TPSA) is 21.3 Å². The van der Waals surface area contributed by atoms with Crippen LogP contribution in [0.4, 0.5) is 0 Å². The van der Waals surface area contributed by atoms with E-state index in [1.807, 2.05) is 0 Å². The minimum absolute atomic E-state index is 0.287. The second-order valence-electron chi connectivity index (χ2n) is 3.48. The van der Waals surface area contributed by atoms with Gasteiger partial charge in [0.05, 0.1) is 6.61 Å². The molecule has 1 aliphatic heterocycles. The van der Waals surface area contributed by atoms with Crippen molar-refractivity contribution >= 4 is 0 Å². The summed E-state index contributed by atoms with van der Waals surface area (Å²) in [6, 6.07) is 0. The molecule has 1 saturated heterocycles. The van der Waals surface area contributed by atoms with Crippen molar-refractivity contribution in [1.29, 1.82) is 0 Å². The highest BCUT2D eigenvalue weighted by molar-refractivity contribution is 4.84. The van der Waals surface area contributed by atoms with Crippen LogP contribution >= 0.6 is 0 Å². The molecule has 10 heavy (non-hydrogen) atoms. The standard InChI is InChI=1S/C8H15NO/c1-6-9-4-8(5-10-6)7-2-3-7/h6-9H,2-5H2,1H3. The maximum atomic E-state index is 5.48. The lowest BCUT2D eigenvalue weighted by atomic mass is 10.0. The zero-order valence-electron chi connectivity index (χ0n) is 6.47. The fraction of sp³-hybridized carbons (Fsp3) is 1.00. The Morgan fingerprint density at radius 3 is 2.60 bits per heavy atom. The Morgan fingerprint density at radius 1 is 1.30 bits per heavy atom. The summed E-state index contributed by atoms with van der Waals surface area (Å²) in [6.07, 6.45) is 3.16. The van der Waals surface area contributed by atoms with Gasteiger partial charge in [0.2, 0.25) is 0 Å². The molecule has 2 unspecified atom stereocenters. The smallest absolute Gasteiger partial charge is 0.105 e. The summed E-state index contributed by atoms with van der Waals surface area (Å²) in [5.41, 5.74) is 0. The van der Waals surface area contributed by atoms with Crippen LogP contribution in [-0.4, -0.2) is 19.4 Å². The van der Waals surface area contributed by atoms with Gasteiger partial charge in [-0.3, -0.25) is 5.32 Å². The molecular weight excluding hydrogens is 126 g/mol. The predicted molar refractivity (Wildman–Crippen MR) is 39.6 cm³/mol. The molecule has 2 aliphatic rings. The van der Waals surface area contributed by atoms with Crippen molar-refractivity contribution in [3.63, 3.8) is 0 Å². The fourth-order valence-electron chi connectivity index (χ4n) is 1.57. The van der Waals surface area contributed by atoms with Crippen molar-refractivity contribution in [1.82, 2.24) is 5.32 Å². The second-order valence-corrected chi connectivity index (χ2v) is 3.48. The first-order valence-corrected chi connectivity index (χ1v) is 4.21. The van der Waals surface area contributed by atoms with Crippen LogP contribution in [-0.2, 0) is 4.74 Å². The minimum atomic E-state index is 0.287. The Balaban J connectivity index is 1.79. The molecule has 1 heterocycles. The normalized spacial score (nSPS) is 41.7. The van der Waals surface area contributed by atoms with Gasteiger partial charge in [0, 0.05) is 6.54 Å². The molecule has 58 valence electrons. The zero-order chi connectivity index (χ0) is 6.97. The van der Waals surface area contributed by atoms with E-state index in [4.69, 9.17) is 4.74 Å². The van der Waals surface area contributed by atoms with E-state index in [-0.39, 0.29) is 6.23 Å². The highest BCUT2D eigenvalue weighted by Crippen LogP contribution is 2.37. The molecule has 0 aromatic carbocycles. The van der Waals surface area contributed by atoms with E-state index < -0.39 is 0 Å². The molecule has 0 radical (unpaired) electrons. The summed E-state index contributed by atoms with van der Waals surface area (Å²) in [5.74, 6) is 1.80. The van der Waals surface area contributed by atoms with Crippen LogP contribution in [0.25, 0.3) is 0 Å². The summed E-state index contributed by atoms with van der Waals surface area (Å²) >= 11 is 0. The van der Waals surface area contributed by atoms with Crippen LogP contribution in [0.2, 0.25) is 0 Å². The van der Waals surface area contributed by atoms with Crippen molar-refractivity contribution in [3.8, 4) is 0 Å². The highest BCUT2D eigenvalue weighted by Gasteiger charge is 2.33. The third kappa shape index (κ3) is 1.32. The molecule has 1 N–H and O–H groups in total. The average molecular weight is 141 g/mol. The van der Waals surface area contributed by atoms with Gasteiger partial charge in [0.15, 0.2) is 0 Å². The lowest BCUT2D eigenvalue weighted by Crippen LogP contribution is -2.42. The molecule has 0 bridgehead atoms. The molecule has 2 rings (SSSR count). The number of nitrogens with one attached hydrogen (secondary N) is 1. The van der Waals surface area contributed by atoms with Gasteiger partial charge in [-0.15, -0.1) is 0 Å². The van der Waals surface area contributed by atoms with E-state index in [0.29, 0.717) is 0 Å². The Kier molecular flexibility index (Phi) is 1.66. The number of hydrogen-bond donors (Lipinski definition) is 1. The third-order valence-corrected chi connectivity index (χ3v) is 2.52. The molecule has 0 amide bonds. The molecule has 0 aromatic heterocycles. The van der Waals surface area contributed by atoms with Gasteiger partial charge in [0.1, 0.15) is 6.23 Å². The molecule has 0 aromatic rings. The van der Waals surface area contributed by atoms with Gasteiger partial charge in [-0.1, -0.05) is 0 Å². The van der Waals surface area contributed by atoms with Crippen molar-refractivity contribution < 1.29 is 4.74 Å². The van der Waals surface area contributed by atoms with Crippen molar-refractivity contribution in [2.75, 3.05) is 13.2 Å². The van der Waals surface area contributed by atoms with E-state index >= 15 is 0 Å². The minimum Gasteiger partial charge on any atom is -0.363 e. The van der Waals surface area contributed by atoms with Crippen LogP contribution in [0, 0.1) is 11.8 Å². The maximum absolute atomic E-state index is 5.48. The van der Waals surface area contributed by atoms with Crippen LogP contribution in [0.5, 0.6) is 0 Å². The first-order chi connectivity index (χ1) is 4.86. The fourth-order valence-corrected chi connectivity index (χ4v) is 1.57. The molecule has 1 aliphatic carbocycles. The van der Waals surface area contributed by atoms with Gasteiger partial charge in [-0.05, 0) is 31.6 Å². The van der Waals surface area contributed by atoms with E-state index in [1.165, 1.54) is 19.4 Å². The Labute approximate surface area is 61.9 Å². The highest BCUT2D eigenvalue weighted by atomic mass is 16.5. The van der Waals surface area contributed by atoms with Crippen molar-refractivity contribution in [2.45, 2.75) is 26.0 Å². The SMILES string of the molecule is CC1NCC(C2CC2)CO1. The monoisotopic (exact) mass is 141 g/mol. The maximum Gasteiger partial charge on any atom is 0.105 e. The van der Waals surface area contributed by atoms with Crippen LogP contribution in [0.15, 0.2) is 0 Å². The molecule has 2 nitrogen and oxygen atoms in total. The Morgan fingerprint density at radius 2 is 2.10 bits per heavy atom. The molecule has 2 atom stereocenters. The van der Waals surface area contributed by atoms with Gasteiger partial charge in [-0.2, -0.15) is 0 Å². The lowest BCUT2D eigenvalue weighted by molar-refractivity contribution is -0.0222. The third-order valence-electron chi connectivity index (χ3n) is 2.52. The summed E-state index contributed by atoms with van der Waals surface area (Å²) in [4.78, 5) is 0. The van der Waals surface area contributed by atoms with E-state index in [9.17, 15) is 0 Å². The summed E-state index contributed by atoms with van der Waals surface area (Å²) in [7, 11) is 0. The summed E-state index contributed by atoms with van der Waals surface area (Å²) < 4.78 is 5.48. The van der Waals surface area contributed by atoms with E-state index in [1.54, 1.807) is 0 Å². The van der Waals surface area contributed by atoms with Crippen LogP contribution in [0.3, 0.4) is 0 Å². The molecule has 2 heteroatoms. The van der Waals surface area contributed by atoms with Crippen molar-refractivity contribution in [2.24, 2.45) is 11.8 Å². The summed E-state index contributed by atoms with van der Waals surface area (Å²) in [5, 5.41) is 3.33. The van der Waals surface area contributed by atoms with Crippen LogP contribution < -0.4 is 5.32 Å². The Hall–Kier alpha value is -0.0800. The second kappa shape index (κ2) is 2.51. The number of rotatable bonds is 1. The lowest BCUT2D eigenvalue weighted by Gasteiger charge is -2.27. The summed E-state index contributed by atoms with van der Waals surface area (Å²) in [6.45, 7) is 4.23.